The van der Waals surface area contributed by atoms with Crippen molar-refractivity contribution in [2.24, 2.45) is 0 Å². The molecular weight excluding hydrogens is 438 g/mol. The number of nitrogens with zero attached hydrogens (tertiary/aromatic N) is 2. The highest BCUT2D eigenvalue weighted by Crippen LogP contribution is 2.24. The molecule has 2 rings (SSSR count). The Balaban J connectivity index is 2.15. The molecule has 0 aromatic heterocycles. The third-order valence-electron chi connectivity index (χ3n) is 4.53. The van der Waals surface area contributed by atoms with Crippen molar-refractivity contribution in [3.8, 4) is 0 Å². The van der Waals surface area contributed by atoms with Crippen molar-refractivity contribution in [2.45, 2.75) is 39.8 Å². The lowest BCUT2D eigenvalue weighted by molar-refractivity contribution is -0.384. The third-order valence-corrected chi connectivity index (χ3v) is 4.84. The predicted molar refractivity (Wildman–Crippen MR) is 120 cm³/mol. The number of halogens is 1. The van der Waals surface area contributed by atoms with Gasteiger partial charge in [-0.25, -0.2) is 4.79 Å². The molecule has 0 saturated heterocycles. The van der Waals surface area contributed by atoms with Crippen molar-refractivity contribution in [3.05, 3.63) is 68.7 Å². The second-order valence-corrected chi connectivity index (χ2v) is 7.89. The number of benzene rings is 2. The molecule has 32 heavy (non-hydrogen) atoms. The summed E-state index contributed by atoms with van der Waals surface area (Å²) >= 11 is 6.00. The minimum Gasteiger partial charge on any atom is -0.452 e. The quantitative estimate of drug-likeness (QED) is 0.355. The average Bonchev–Trinajstić information content (AvgIpc) is 2.71. The van der Waals surface area contributed by atoms with Gasteiger partial charge in [-0.1, -0.05) is 23.7 Å². The zero-order valence-corrected chi connectivity index (χ0v) is 18.9. The summed E-state index contributed by atoms with van der Waals surface area (Å²) in [7, 11) is 0. The molecule has 2 amide bonds. The van der Waals surface area contributed by atoms with Crippen LogP contribution in [-0.4, -0.2) is 46.3 Å². The molecule has 0 radical (unpaired) electrons. The van der Waals surface area contributed by atoms with Crippen LogP contribution < -0.4 is 5.32 Å². The van der Waals surface area contributed by atoms with Gasteiger partial charge in [-0.15, -0.1) is 0 Å². The number of hydrogen-bond acceptors (Lipinski definition) is 6. The molecule has 0 heterocycles. The van der Waals surface area contributed by atoms with Crippen LogP contribution in [0.2, 0.25) is 5.02 Å². The molecule has 0 fully saturated rings. The first kappa shape index (κ1) is 24.8. The van der Waals surface area contributed by atoms with Crippen molar-refractivity contribution in [1.82, 2.24) is 4.90 Å². The summed E-state index contributed by atoms with van der Waals surface area (Å²) in [6.45, 7) is 7.04. The van der Waals surface area contributed by atoms with Crippen LogP contribution in [0.25, 0.3) is 0 Å². The number of hydrogen-bond donors (Lipinski definition) is 1. The fourth-order valence-electron chi connectivity index (χ4n) is 3.21. The highest BCUT2D eigenvalue weighted by atomic mass is 35.5. The van der Waals surface area contributed by atoms with Crippen LogP contribution in [0.15, 0.2) is 42.5 Å². The topological polar surface area (TPSA) is 119 Å². The maximum Gasteiger partial charge on any atom is 0.340 e. The Kier molecular flexibility index (Phi) is 8.31. The molecule has 0 bridgehead atoms. The van der Waals surface area contributed by atoms with Gasteiger partial charge in [0, 0.05) is 24.2 Å². The van der Waals surface area contributed by atoms with Crippen molar-refractivity contribution in [2.75, 3.05) is 11.9 Å². The van der Waals surface area contributed by atoms with Crippen molar-refractivity contribution in [1.29, 1.82) is 0 Å². The largest absolute Gasteiger partial charge is 0.452 e. The molecule has 2 aromatic carbocycles. The first-order valence-electron chi connectivity index (χ1n) is 9.85. The first-order chi connectivity index (χ1) is 15.0. The second-order valence-electron chi connectivity index (χ2n) is 7.49. The molecule has 0 aliphatic heterocycles. The fourth-order valence-corrected chi connectivity index (χ4v) is 3.47. The van der Waals surface area contributed by atoms with E-state index in [4.69, 9.17) is 16.3 Å². The predicted octanol–water partition coefficient (Wildman–Crippen LogP) is 4.30. The highest BCUT2D eigenvalue weighted by Gasteiger charge is 2.23. The van der Waals surface area contributed by atoms with Gasteiger partial charge in [0.25, 0.3) is 17.5 Å². The van der Waals surface area contributed by atoms with E-state index in [1.54, 1.807) is 17.0 Å². The highest BCUT2D eigenvalue weighted by molar-refractivity contribution is 6.34. The lowest BCUT2D eigenvalue weighted by Gasteiger charge is -2.30. The zero-order chi connectivity index (χ0) is 24.0. The van der Waals surface area contributed by atoms with Crippen LogP contribution in [0.5, 0.6) is 0 Å². The van der Waals surface area contributed by atoms with Gasteiger partial charge in [-0.2, -0.15) is 0 Å². The molecule has 9 nitrogen and oxygen atoms in total. The molecule has 0 unspecified atom stereocenters. The molecule has 0 aliphatic carbocycles. The summed E-state index contributed by atoms with van der Waals surface area (Å²) < 4.78 is 5.18. The number of rotatable bonds is 8. The number of carbonyl (C=O) groups is 3. The number of anilines is 1. The monoisotopic (exact) mass is 461 g/mol. The summed E-state index contributed by atoms with van der Waals surface area (Å²) in [6.07, 6.45) is 0. The molecular formula is C22H24ClN3O6. The fraction of sp³-hybridized carbons (Fsp3) is 0.318. The molecule has 170 valence electrons. The van der Waals surface area contributed by atoms with Crippen LogP contribution in [0.1, 0.15) is 48.4 Å². The number of amides is 2. The Morgan fingerprint density at radius 1 is 1.06 bits per heavy atom. The van der Waals surface area contributed by atoms with Gasteiger partial charge in [0.1, 0.15) is 0 Å². The second kappa shape index (κ2) is 10.7. The van der Waals surface area contributed by atoms with E-state index >= 15 is 0 Å². The Morgan fingerprint density at radius 2 is 1.69 bits per heavy atom. The number of ether oxygens (including phenoxy) is 1. The summed E-state index contributed by atoms with van der Waals surface area (Å²) in [6, 6.07) is 9.46. The number of para-hydroxylation sites is 1. The Labute approximate surface area is 190 Å². The zero-order valence-electron chi connectivity index (χ0n) is 18.1. The van der Waals surface area contributed by atoms with Crippen LogP contribution >= 0.6 is 11.6 Å². The number of esters is 1. The Hall–Kier alpha value is -3.46. The summed E-state index contributed by atoms with van der Waals surface area (Å²) in [5.41, 5.74) is -0.0570. The number of nitro groups is 1. The third kappa shape index (κ3) is 6.04. The minimum atomic E-state index is -0.781. The molecule has 0 spiro atoms. The minimum absolute atomic E-state index is 0.000114. The van der Waals surface area contributed by atoms with E-state index in [-0.39, 0.29) is 45.5 Å². The number of nitrogens with one attached hydrogen (secondary N) is 1. The van der Waals surface area contributed by atoms with E-state index in [0.29, 0.717) is 0 Å². The van der Waals surface area contributed by atoms with E-state index in [2.05, 4.69) is 5.32 Å². The number of carbonyl (C=O) groups excluding carboxylic acids is 3. The van der Waals surface area contributed by atoms with Crippen LogP contribution in [0, 0.1) is 10.1 Å². The lowest BCUT2D eigenvalue weighted by Crippen LogP contribution is -2.44. The SMILES string of the molecule is CC(C)N(C(=O)COC(=O)c1ccccc1NC(=O)c1ccc([N+](=O)[O-])cc1Cl)C(C)C. The van der Waals surface area contributed by atoms with Gasteiger partial charge in [0.2, 0.25) is 0 Å². The van der Waals surface area contributed by atoms with E-state index in [1.165, 1.54) is 18.2 Å². The standard InChI is InChI=1S/C22H24ClN3O6/c1-13(2)25(14(3)4)20(27)12-32-22(29)17-7-5-6-8-19(17)24-21(28)16-10-9-15(26(30)31)11-18(16)23/h5-11,13-14H,12H2,1-4H3,(H,24,28). The Bertz CT molecular complexity index is 1030. The van der Waals surface area contributed by atoms with Gasteiger partial charge in [0.15, 0.2) is 6.61 Å². The molecule has 0 saturated carbocycles. The molecule has 0 atom stereocenters. The maximum atomic E-state index is 12.6. The van der Waals surface area contributed by atoms with Gasteiger partial charge in [-0.05, 0) is 45.9 Å². The first-order valence-corrected chi connectivity index (χ1v) is 10.2. The van der Waals surface area contributed by atoms with Gasteiger partial charge in [-0.3, -0.25) is 19.7 Å². The number of nitro benzene ring substituents is 1. The van der Waals surface area contributed by atoms with Crippen LogP contribution in [0.4, 0.5) is 11.4 Å². The van der Waals surface area contributed by atoms with E-state index in [0.717, 1.165) is 12.1 Å². The average molecular weight is 462 g/mol. The van der Waals surface area contributed by atoms with Crippen LogP contribution in [0.3, 0.4) is 0 Å². The molecule has 1 N–H and O–H groups in total. The van der Waals surface area contributed by atoms with Crippen molar-refractivity contribution in [3.63, 3.8) is 0 Å². The smallest absolute Gasteiger partial charge is 0.340 e. The van der Waals surface area contributed by atoms with E-state index < -0.39 is 23.4 Å². The van der Waals surface area contributed by atoms with Gasteiger partial charge >= 0.3 is 5.97 Å². The summed E-state index contributed by atoms with van der Waals surface area (Å²) in [5, 5.41) is 13.3. The van der Waals surface area contributed by atoms with Crippen LogP contribution in [-0.2, 0) is 9.53 Å². The lowest BCUT2D eigenvalue weighted by atomic mass is 10.1. The van der Waals surface area contributed by atoms with Gasteiger partial charge < -0.3 is 15.0 Å². The van der Waals surface area contributed by atoms with Crippen molar-refractivity contribution >= 4 is 40.8 Å². The normalized spacial score (nSPS) is 10.7. The summed E-state index contributed by atoms with van der Waals surface area (Å²) in [5.74, 6) is -1.77. The molecule has 2 aromatic rings. The number of non-ortho nitro benzene ring substituents is 1. The molecule has 0 aliphatic rings. The van der Waals surface area contributed by atoms with Crippen molar-refractivity contribution < 1.29 is 24.0 Å². The van der Waals surface area contributed by atoms with Gasteiger partial charge in [0.05, 0.1) is 26.8 Å². The van der Waals surface area contributed by atoms with E-state index in [9.17, 15) is 24.5 Å². The van der Waals surface area contributed by atoms with E-state index in [1.807, 2.05) is 27.7 Å². The summed E-state index contributed by atoms with van der Waals surface area (Å²) in [4.78, 5) is 49.5. The maximum absolute atomic E-state index is 12.6. The molecule has 10 heteroatoms. The Morgan fingerprint density at radius 3 is 2.25 bits per heavy atom.